The Morgan fingerprint density at radius 1 is 0.342 bits per heavy atom. The van der Waals surface area contributed by atoms with E-state index in [1.54, 1.807) is 0 Å². The first kappa shape index (κ1) is 47.3. The Balaban J connectivity index is 1.11. The predicted molar refractivity (Wildman–Crippen MR) is 321 cm³/mol. The molecule has 1 heterocycles. The Labute approximate surface area is 448 Å². The number of fused-ring (bicyclic) bond motifs is 14. The van der Waals surface area contributed by atoms with Crippen molar-refractivity contribution in [3.63, 3.8) is 0 Å². The minimum atomic E-state index is -0.702. The van der Waals surface area contributed by atoms with E-state index in [0.717, 1.165) is 61.6 Å². The number of nitrogens with zero attached hydrogens (tertiary/aromatic N) is 2. The van der Waals surface area contributed by atoms with Crippen LogP contribution in [0.2, 0.25) is 0 Å². The van der Waals surface area contributed by atoms with Crippen molar-refractivity contribution in [3.05, 3.63) is 263 Å². The van der Waals surface area contributed by atoms with Crippen molar-refractivity contribution >= 4 is 56.1 Å². The van der Waals surface area contributed by atoms with Crippen LogP contribution in [0.4, 0.5) is 34.1 Å². The van der Waals surface area contributed by atoms with E-state index < -0.39 is 5.41 Å². The third-order valence-electron chi connectivity index (χ3n) is 16.4. The number of furan rings is 1. The molecular weight excluding hydrogens is 921 g/mol. The highest BCUT2D eigenvalue weighted by Gasteiger charge is 2.53. The van der Waals surface area contributed by atoms with Gasteiger partial charge in [-0.15, -0.1) is 0 Å². The topological polar surface area (TPSA) is 19.6 Å². The van der Waals surface area contributed by atoms with Crippen molar-refractivity contribution in [2.45, 2.75) is 84.0 Å². The molecule has 2 aliphatic rings. The molecule has 0 fully saturated rings. The van der Waals surface area contributed by atoms with E-state index in [2.05, 4.69) is 297 Å². The maximum atomic E-state index is 7.39. The van der Waals surface area contributed by atoms with E-state index >= 15 is 0 Å². The zero-order valence-corrected chi connectivity index (χ0v) is 45.2. The minimum absolute atomic E-state index is 0.00332. The molecule has 76 heavy (non-hydrogen) atoms. The summed E-state index contributed by atoms with van der Waals surface area (Å²) in [4.78, 5) is 4.93. The normalized spacial score (nSPS) is 13.4. The Hall–Kier alpha value is -8.40. The van der Waals surface area contributed by atoms with Crippen LogP contribution in [-0.4, -0.2) is 0 Å². The van der Waals surface area contributed by atoms with Gasteiger partial charge in [-0.25, -0.2) is 0 Å². The SMILES string of the molecule is CC(C)(C)c1ccc(N(c2ccc(-c3ccccc3)cc2)c2ccc3c(c2)C2(c4ccccc4-c4ccccc42)c2cc(N(c4ccc(C(C)(C)C)cc4)c4ccc(C(C)(C)C)cc4)c4c(oc5ccccc54)c2-3)cc1. The molecule has 0 unspecified atom stereocenters. The maximum absolute atomic E-state index is 7.39. The van der Waals surface area contributed by atoms with Crippen LogP contribution in [0.5, 0.6) is 0 Å². The van der Waals surface area contributed by atoms with Crippen LogP contribution in [0.25, 0.3) is 55.3 Å². The fourth-order valence-corrected chi connectivity index (χ4v) is 12.4. The summed E-state index contributed by atoms with van der Waals surface area (Å²) in [5, 5.41) is 2.19. The third kappa shape index (κ3) is 7.46. The Bertz CT molecular complexity index is 3910. The summed E-state index contributed by atoms with van der Waals surface area (Å²) >= 11 is 0. The van der Waals surface area contributed by atoms with E-state index in [1.165, 1.54) is 66.8 Å². The summed E-state index contributed by atoms with van der Waals surface area (Å²) in [6, 6.07) is 84.0. The summed E-state index contributed by atoms with van der Waals surface area (Å²) in [5.41, 5.74) is 23.7. The van der Waals surface area contributed by atoms with Gasteiger partial charge in [-0.1, -0.05) is 214 Å². The van der Waals surface area contributed by atoms with E-state index in [4.69, 9.17) is 4.42 Å². The Kier molecular flexibility index (Phi) is 10.8. The zero-order chi connectivity index (χ0) is 52.3. The highest BCUT2D eigenvalue weighted by atomic mass is 16.3. The predicted octanol–water partition coefficient (Wildman–Crippen LogP) is 20.4. The van der Waals surface area contributed by atoms with Crippen LogP contribution in [-0.2, 0) is 21.7 Å². The number of para-hydroxylation sites is 1. The highest BCUT2D eigenvalue weighted by molar-refractivity contribution is 6.20. The quantitative estimate of drug-likeness (QED) is 0.159. The Morgan fingerprint density at radius 2 is 0.776 bits per heavy atom. The van der Waals surface area contributed by atoms with Gasteiger partial charge in [0.1, 0.15) is 11.2 Å². The lowest BCUT2D eigenvalue weighted by Gasteiger charge is -2.33. The first-order chi connectivity index (χ1) is 36.6. The average molecular weight is 985 g/mol. The second-order valence-electron chi connectivity index (χ2n) is 24.2. The second-order valence-corrected chi connectivity index (χ2v) is 24.2. The summed E-state index contributed by atoms with van der Waals surface area (Å²) in [6.07, 6.45) is 0. The van der Waals surface area contributed by atoms with Crippen molar-refractivity contribution in [1.29, 1.82) is 0 Å². The molecule has 372 valence electrons. The van der Waals surface area contributed by atoms with Crippen LogP contribution in [0.1, 0.15) is 101 Å². The van der Waals surface area contributed by atoms with E-state index in [9.17, 15) is 0 Å². The molecule has 10 aromatic carbocycles. The van der Waals surface area contributed by atoms with Crippen molar-refractivity contribution in [2.75, 3.05) is 9.80 Å². The molecular formula is C73H64N2O. The van der Waals surface area contributed by atoms with Gasteiger partial charge < -0.3 is 14.2 Å². The van der Waals surface area contributed by atoms with Gasteiger partial charge in [-0.05, 0) is 156 Å². The molecule has 0 aliphatic heterocycles. The summed E-state index contributed by atoms with van der Waals surface area (Å²) in [7, 11) is 0. The van der Waals surface area contributed by atoms with E-state index in [-0.39, 0.29) is 16.2 Å². The Morgan fingerprint density at radius 3 is 1.30 bits per heavy atom. The first-order valence-corrected chi connectivity index (χ1v) is 27.0. The fourth-order valence-electron chi connectivity index (χ4n) is 12.4. The van der Waals surface area contributed by atoms with Crippen LogP contribution >= 0.6 is 0 Å². The molecule has 3 heteroatoms. The van der Waals surface area contributed by atoms with Crippen LogP contribution < -0.4 is 9.80 Å². The summed E-state index contributed by atoms with van der Waals surface area (Å²) in [6.45, 7) is 20.6. The van der Waals surface area contributed by atoms with E-state index in [1.807, 2.05) is 0 Å². The molecule has 0 bridgehead atoms. The molecule has 11 aromatic rings. The molecule has 1 spiro atoms. The molecule has 3 nitrogen and oxygen atoms in total. The second kappa shape index (κ2) is 17.3. The van der Waals surface area contributed by atoms with Crippen molar-refractivity contribution in [3.8, 4) is 33.4 Å². The molecule has 0 radical (unpaired) electrons. The van der Waals surface area contributed by atoms with Crippen molar-refractivity contribution in [2.24, 2.45) is 0 Å². The molecule has 0 saturated carbocycles. The van der Waals surface area contributed by atoms with Gasteiger partial charge in [-0.3, -0.25) is 0 Å². The number of hydrogen-bond donors (Lipinski definition) is 0. The average Bonchev–Trinajstić information content (AvgIpc) is 4.23. The van der Waals surface area contributed by atoms with Gasteiger partial charge in [0.05, 0.1) is 16.5 Å². The van der Waals surface area contributed by atoms with E-state index in [0.29, 0.717) is 0 Å². The molecule has 13 rings (SSSR count). The smallest absolute Gasteiger partial charge is 0.145 e. The molecule has 0 amide bonds. The monoisotopic (exact) mass is 985 g/mol. The molecule has 0 N–H and O–H groups in total. The summed E-state index contributed by atoms with van der Waals surface area (Å²) < 4.78 is 7.39. The largest absolute Gasteiger partial charge is 0.455 e. The first-order valence-electron chi connectivity index (χ1n) is 27.0. The molecule has 2 aliphatic carbocycles. The molecule has 0 atom stereocenters. The lowest BCUT2D eigenvalue weighted by molar-refractivity contribution is 0.590. The fraction of sp³-hybridized carbons (Fsp3) is 0.178. The zero-order valence-electron chi connectivity index (χ0n) is 45.2. The molecule has 1 aromatic heterocycles. The van der Waals surface area contributed by atoms with Gasteiger partial charge >= 0.3 is 0 Å². The lowest BCUT2D eigenvalue weighted by atomic mass is 9.70. The number of hydrogen-bond acceptors (Lipinski definition) is 3. The molecule has 0 saturated heterocycles. The minimum Gasteiger partial charge on any atom is -0.455 e. The van der Waals surface area contributed by atoms with Crippen LogP contribution in [0.15, 0.2) is 229 Å². The van der Waals surface area contributed by atoms with Crippen LogP contribution in [0, 0.1) is 0 Å². The van der Waals surface area contributed by atoms with Gasteiger partial charge in [-0.2, -0.15) is 0 Å². The highest BCUT2D eigenvalue weighted by Crippen LogP contribution is 2.66. The number of benzene rings is 10. The van der Waals surface area contributed by atoms with Gasteiger partial charge in [0.25, 0.3) is 0 Å². The van der Waals surface area contributed by atoms with Gasteiger partial charge in [0.2, 0.25) is 0 Å². The number of rotatable bonds is 7. The standard InChI is InChI=1S/C73H64N2O/c1-70(2,3)49-29-37-53(38-30-49)74(52-35-27-48(28-36-52)47-19-11-10-12-20-47)56-43-44-59-63(45-56)73(61-24-16-13-21-57(61)58-22-14-17-25-62(58)73)64-46-65(68-60-23-15-18-26-66(60)76-69(68)67(59)64)75(54-39-31-50(32-40-54)71(4,5)6)55-41-33-51(34-42-55)72(7,8)9/h10-46H,1-9H3. The summed E-state index contributed by atoms with van der Waals surface area (Å²) in [5.74, 6) is 0. The number of anilines is 6. The van der Waals surface area contributed by atoms with Gasteiger partial charge in [0, 0.05) is 39.4 Å². The lowest BCUT2D eigenvalue weighted by Crippen LogP contribution is -2.26. The van der Waals surface area contributed by atoms with Crippen molar-refractivity contribution in [1.82, 2.24) is 0 Å². The van der Waals surface area contributed by atoms with Crippen molar-refractivity contribution < 1.29 is 4.42 Å². The third-order valence-corrected chi connectivity index (χ3v) is 16.4. The van der Waals surface area contributed by atoms with Gasteiger partial charge in [0.15, 0.2) is 0 Å². The van der Waals surface area contributed by atoms with Crippen LogP contribution in [0.3, 0.4) is 0 Å². The maximum Gasteiger partial charge on any atom is 0.145 e.